The van der Waals surface area contributed by atoms with Gasteiger partial charge in [-0.05, 0) is 19.8 Å². The Balaban J connectivity index is 3.24. The van der Waals surface area contributed by atoms with Gasteiger partial charge in [0.15, 0.2) is 0 Å². The van der Waals surface area contributed by atoms with Crippen molar-refractivity contribution in [1.29, 1.82) is 0 Å². The second kappa shape index (κ2) is 5.29. The fraction of sp³-hybridized carbons (Fsp3) is 0.667. The van der Waals surface area contributed by atoms with Gasteiger partial charge in [-0.1, -0.05) is 26.7 Å². The van der Waals surface area contributed by atoms with Crippen molar-refractivity contribution in [2.45, 2.75) is 52.0 Å². The van der Waals surface area contributed by atoms with Crippen LogP contribution < -0.4 is 11.2 Å². The Hall–Kier alpha value is -1.39. The van der Waals surface area contributed by atoms with Gasteiger partial charge in [0.1, 0.15) is 0 Å². The van der Waals surface area contributed by atoms with Gasteiger partial charge in [0.25, 0.3) is 5.56 Å². The summed E-state index contributed by atoms with van der Waals surface area (Å²) >= 11 is 0. The number of nitrogens with zero attached hydrogens (tertiary/aromatic N) is 1. The van der Waals surface area contributed by atoms with Crippen LogP contribution in [0.5, 0.6) is 0 Å². The Morgan fingerprint density at radius 2 is 2.06 bits per heavy atom. The minimum atomic E-state index is -0.958. The predicted molar refractivity (Wildman–Crippen MR) is 64.7 cm³/mol. The maximum Gasteiger partial charge on any atom is 0.328 e. The zero-order valence-electron chi connectivity index (χ0n) is 10.5. The topological polar surface area (TPSA) is 54.9 Å². The van der Waals surface area contributed by atoms with Gasteiger partial charge < -0.3 is 0 Å². The third-order valence-electron chi connectivity index (χ3n) is 3.31. The molecule has 4 nitrogen and oxygen atoms in total. The number of rotatable bonds is 5. The van der Waals surface area contributed by atoms with Crippen LogP contribution in [0.3, 0.4) is 0 Å². The molecule has 1 heterocycles. The molecule has 0 fully saturated rings. The van der Waals surface area contributed by atoms with Crippen LogP contribution >= 0.6 is 0 Å². The first-order valence-electron chi connectivity index (χ1n) is 5.96. The third-order valence-corrected chi connectivity index (χ3v) is 3.31. The third kappa shape index (κ3) is 2.84. The molecule has 1 aromatic rings. The van der Waals surface area contributed by atoms with Crippen LogP contribution in [0.1, 0.15) is 46.5 Å². The van der Waals surface area contributed by atoms with Crippen LogP contribution in [0.15, 0.2) is 15.8 Å². The van der Waals surface area contributed by atoms with E-state index in [4.69, 9.17) is 0 Å². The highest BCUT2D eigenvalue weighted by Gasteiger charge is 2.25. The summed E-state index contributed by atoms with van der Waals surface area (Å²) in [6.07, 6.45) is 4.47. The first kappa shape index (κ1) is 13.7. The highest BCUT2D eigenvalue weighted by molar-refractivity contribution is 4.93. The Bertz CT molecular complexity index is 492. The lowest BCUT2D eigenvalue weighted by Gasteiger charge is -2.30. The van der Waals surface area contributed by atoms with Crippen molar-refractivity contribution < 1.29 is 4.39 Å². The molecule has 0 saturated carbocycles. The van der Waals surface area contributed by atoms with E-state index in [9.17, 15) is 14.0 Å². The van der Waals surface area contributed by atoms with Crippen molar-refractivity contribution in [3.05, 3.63) is 32.9 Å². The molecule has 0 saturated heterocycles. The van der Waals surface area contributed by atoms with Crippen molar-refractivity contribution in [2.75, 3.05) is 0 Å². The number of unbranched alkanes of at least 4 members (excludes halogenated alkanes) is 1. The lowest BCUT2D eigenvalue weighted by Crippen LogP contribution is -2.42. The van der Waals surface area contributed by atoms with Gasteiger partial charge in [-0.25, -0.2) is 4.79 Å². The molecule has 1 rings (SSSR count). The molecule has 0 aliphatic rings. The van der Waals surface area contributed by atoms with E-state index in [2.05, 4.69) is 6.92 Å². The number of halogens is 1. The molecule has 1 N–H and O–H groups in total. The van der Waals surface area contributed by atoms with E-state index in [1.807, 2.05) is 18.8 Å². The monoisotopic (exact) mass is 242 g/mol. The maximum absolute atomic E-state index is 13.2. The second-order valence-electron chi connectivity index (χ2n) is 4.56. The maximum atomic E-state index is 13.2. The summed E-state index contributed by atoms with van der Waals surface area (Å²) < 4.78 is 14.5. The zero-order valence-corrected chi connectivity index (χ0v) is 10.5. The molecular weight excluding hydrogens is 223 g/mol. The number of hydrogen-bond donors (Lipinski definition) is 1. The lowest BCUT2D eigenvalue weighted by molar-refractivity contribution is 0.257. The van der Waals surface area contributed by atoms with E-state index in [-0.39, 0.29) is 0 Å². The van der Waals surface area contributed by atoms with Crippen LogP contribution in [-0.2, 0) is 5.54 Å². The molecule has 1 unspecified atom stereocenters. The summed E-state index contributed by atoms with van der Waals surface area (Å²) in [6, 6.07) is 0. The van der Waals surface area contributed by atoms with Gasteiger partial charge in [-0.15, -0.1) is 0 Å². The van der Waals surface area contributed by atoms with Crippen LogP contribution in [-0.4, -0.2) is 9.55 Å². The van der Waals surface area contributed by atoms with Crippen molar-refractivity contribution in [3.63, 3.8) is 0 Å². The SMILES string of the molecule is CCCCC(C)(CC)n1cc(F)c(=O)[nH]c1=O. The van der Waals surface area contributed by atoms with Crippen LogP contribution in [0.2, 0.25) is 0 Å². The van der Waals surface area contributed by atoms with Gasteiger partial charge >= 0.3 is 5.69 Å². The first-order valence-corrected chi connectivity index (χ1v) is 5.96. The summed E-state index contributed by atoms with van der Waals surface area (Å²) in [6.45, 7) is 5.92. The highest BCUT2D eigenvalue weighted by Crippen LogP contribution is 2.25. The van der Waals surface area contributed by atoms with Gasteiger partial charge in [-0.2, -0.15) is 4.39 Å². The van der Waals surface area contributed by atoms with E-state index in [0.29, 0.717) is 6.42 Å². The molecular formula is C12H19FN2O2. The lowest BCUT2D eigenvalue weighted by atomic mass is 9.91. The van der Waals surface area contributed by atoms with E-state index in [0.717, 1.165) is 25.5 Å². The van der Waals surface area contributed by atoms with Gasteiger partial charge in [-0.3, -0.25) is 14.3 Å². The molecule has 96 valence electrons. The molecule has 0 amide bonds. The van der Waals surface area contributed by atoms with Crippen molar-refractivity contribution >= 4 is 0 Å². The molecule has 0 aromatic carbocycles. The Morgan fingerprint density at radius 3 is 2.59 bits per heavy atom. The quantitative estimate of drug-likeness (QED) is 0.858. The first-order chi connectivity index (χ1) is 7.94. The Morgan fingerprint density at radius 1 is 1.41 bits per heavy atom. The molecule has 0 aliphatic heterocycles. The Labute approximate surface area is 99.5 Å². The summed E-state index contributed by atoms with van der Waals surface area (Å²) in [7, 11) is 0. The number of H-pyrrole nitrogens is 1. The molecule has 1 aromatic heterocycles. The normalized spacial score (nSPS) is 14.6. The minimum Gasteiger partial charge on any atom is -0.292 e. The van der Waals surface area contributed by atoms with E-state index in [1.165, 1.54) is 4.57 Å². The summed E-state index contributed by atoms with van der Waals surface area (Å²) in [4.78, 5) is 24.7. The van der Waals surface area contributed by atoms with Crippen molar-refractivity contribution in [1.82, 2.24) is 9.55 Å². The average molecular weight is 242 g/mol. The molecule has 0 spiro atoms. The largest absolute Gasteiger partial charge is 0.328 e. The molecule has 17 heavy (non-hydrogen) atoms. The minimum absolute atomic E-state index is 0.446. The molecule has 5 heteroatoms. The molecule has 0 bridgehead atoms. The standard InChI is InChI=1S/C12H19FN2O2/c1-4-6-7-12(3,5-2)15-8-9(13)10(16)14-11(15)17/h8H,4-7H2,1-3H3,(H,14,16,17). The summed E-state index contributed by atoms with van der Waals surface area (Å²) in [5.74, 6) is -0.916. The van der Waals surface area contributed by atoms with Gasteiger partial charge in [0, 0.05) is 5.54 Å². The van der Waals surface area contributed by atoms with Crippen LogP contribution in [0.4, 0.5) is 4.39 Å². The fourth-order valence-electron chi connectivity index (χ4n) is 1.87. The average Bonchev–Trinajstić information content (AvgIpc) is 2.31. The molecule has 0 aliphatic carbocycles. The van der Waals surface area contributed by atoms with E-state index in [1.54, 1.807) is 0 Å². The predicted octanol–water partition coefficient (Wildman–Crippen LogP) is 1.99. The summed E-state index contributed by atoms with van der Waals surface area (Å²) in [5.41, 5.74) is -1.95. The number of nitrogens with one attached hydrogen (secondary N) is 1. The smallest absolute Gasteiger partial charge is 0.292 e. The van der Waals surface area contributed by atoms with E-state index >= 15 is 0 Å². The number of aromatic amines is 1. The highest BCUT2D eigenvalue weighted by atomic mass is 19.1. The van der Waals surface area contributed by atoms with Crippen molar-refractivity contribution in [2.24, 2.45) is 0 Å². The number of hydrogen-bond acceptors (Lipinski definition) is 2. The van der Waals surface area contributed by atoms with Gasteiger partial charge in [0.05, 0.1) is 6.20 Å². The fourth-order valence-corrected chi connectivity index (χ4v) is 1.87. The van der Waals surface area contributed by atoms with Crippen LogP contribution in [0, 0.1) is 5.82 Å². The molecule has 0 radical (unpaired) electrons. The Kier molecular flexibility index (Phi) is 4.26. The van der Waals surface area contributed by atoms with Gasteiger partial charge in [0.2, 0.25) is 5.82 Å². The summed E-state index contributed by atoms with van der Waals surface area (Å²) in [5, 5.41) is 0. The molecule has 1 atom stereocenters. The van der Waals surface area contributed by atoms with E-state index < -0.39 is 22.6 Å². The van der Waals surface area contributed by atoms with Crippen molar-refractivity contribution in [3.8, 4) is 0 Å². The zero-order chi connectivity index (χ0) is 13.1. The number of aromatic nitrogens is 2. The second-order valence-corrected chi connectivity index (χ2v) is 4.56. The van der Waals surface area contributed by atoms with Crippen LogP contribution in [0.25, 0.3) is 0 Å².